The van der Waals surface area contributed by atoms with Crippen molar-refractivity contribution in [2.45, 2.75) is 66.2 Å². The van der Waals surface area contributed by atoms with Crippen molar-refractivity contribution < 1.29 is 14.8 Å². The fraction of sp³-hybridized carbons (Fsp3) is 0.524. The van der Waals surface area contributed by atoms with Crippen molar-refractivity contribution in [3.05, 3.63) is 50.6 Å². The summed E-state index contributed by atoms with van der Waals surface area (Å²) >= 11 is -2.47. The average Bonchev–Trinajstić information content (AvgIpc) is 3.13. The van der Waals surface area contributed by atoms with Gasteiger partial charge in [0.2, 0.25) is 0 Å². The van der Waals surface area contributed by atoms with Crippen molar-refractivity contribution in [1.29, 1.82) is 0 Å². The van der Waals surface area contributed by atoms with Crippen LogP contribution in [-0.4, -0.2) is 9.52 Å². The van der Waals surface area contributed by atoms with E-state index < -0.39 is 14.8 Å². The molecule has 0 unspecified atom stereocenters. The van der Waals surface area contributed by atoms with E-state index in [1.165, 1.54) is 32.1 Å². The van der Waals surface area contributed by atoms with E-state index in [1.807, 2.05) is 9.16 Å². The van der Waals surface area contributed by atoms with Crippen molar-refractivity contribution in [2.24, 2.45) is 0 Å². The van der Waals surface area contributed by atoms with E-state index >= 15 is 0 Å². The van der Waals surface area contributed by atoms with Crippen LogP contribution in [0.1, 0.15) is 46.0 Å². The van der Waals surface area contributed by atoms with E-state index in [0.717, 1.165) is 4.31 Å². The third-order valence-corrected chi connectivity index (χ3v) is 22.6. The zero-order chi connectivity index (χ0) is 16.7. The van der Waals surface area contributed by atoms with Crippen LogP contribution in [-0.2, 0) is 14.8 Å². The molecule has 1 aromatic rings. The quantitative estimate of drug-likeness (QED) is 0.463. The normalized spacial score (nSPS) is 22.4. The minimum absolute atomic E-state index is 0.337. The van der Waals surface area contributed by atoms with Crippen LogP contribution in [0.3, 0.4) is 0 Å². The van der Waals surface area contributed by atoms with Gasteiger partial charge >= 0.3 is 146 Å². The molecule has 0 aliphatic heterocycles. The van der Waals surface area contributed by atoms with Gasteiger partial charge in [-0.05, 0) is 0 Å². The second kappa shape index (κ2) is 6.15. The molecule has 3 rings (SSSR count). The molecule has 0 heterocycles. The Balaban J connectivity index is 2.03. The third kappa shape index (κ3) is 3.24. The fourth-order valence-electron chi connectivity index (χ4n) is 4.12. The fourth-order valence-corrected chi connectivity index (χ4v) is 21.3. The van der Waals surface area contributed by atoms with Crippen molar-refractivity contribution in [3.8, 4) is 0 Å². The van der Waals surface area contributed by atoms with Crippen molar-refractivity contribution in [3.63, 3.8) is 0 Å². The summed E-state index contributed by atoms with van der Waals surface area (Å²) in [5.74, 6) is 0. The zero-order valence-electron chi connectivity index (χ0n) is 15.5. The molecule has 0 radical (unpaired) electrons. The molecule has 0 atom stereocenters. The molecule has 0 spiro atoms. The van der Waals surface area contributed by atoms with Gasteiger partial charge in [0.25, 0.3) is 0 Å². The van der Waals surface area contributed by atoms with Gasteiger partial charge in [-0.3, -0.25) is 0 Å². The molecule has 131 valence electrons. The third-order valence-electron chi connectivity index (χ3n) is 5.87. The molecule has 0 amide bonds. The van der Waals surface area contributed by atoms with Crippen LogP contribution in [0.15, 0.2) is 50.6 Å². The average molecular weight is 509 g/mol. The number of rotatable bonds is 4. The van der Waals surface area contributed by atoms with Crippen LogP contribution in [0.2, 0.25) is 20.2 Å². The van der Waals surface area contributed by atoms with E-state index in [2.05, 4.69) is 60.1 Å². The molecular weight excluding hydrogens is 475 g/mol. The van der Waals surface area contributed by atoms with Gasteiger partial charge in [0.1, 0.15) is 0 Å². The maximum absolute atomic E-state index is 2.74. The Bertz CT molecular complexity index is 652. The summed E-state index contributed by atoms with van der Waals surface area (Å²) in [6.45, 7) is 4.79. The van der Waals surface area contributed by atoms with Crippen LogP contribution in [0.25, 0.3) is 0 Å². The summed E-state index contributed by atoms with van der Waals surface area (Å²) in [5, 5.41) is 11.7. The molecule has 0 aromatic heterocycles. The summed E-state index contributed by atoms with van der Waals surface area (Å²) in [6, 6.07) is 11.3. The second-order valence-corrected chi connectivity index (χ2v) is 27.9. The van der Waals surface area contributed by atoms with Crippen molar-refractivity contribution in [1.82, 2.24) is 0 Å². The van der Waals surface area contributed by atoms with Crippen LogP contribution >= 0.6 is 0 Å². The van der Waals surface area contributed by atoms with E-state index in [-0.39, 0.29) is 9.52 Å². The van der Waals surface area contributed by atoms with E-state index in [0.29, 0.717) is 0 Å². The first-order valence-corrected chi connectivity index (χ1v) is 19.4. The summed E-state index contributed by atoms with van der Waals surface area (Å²) in [5.41, 5.74) is 3.32. The van der Waals surface area contributed by atoms with Gasteiger partial charge < -0.3 is 0 Å². The first-order valence-electron chi connectivity index (χ1n) is 8.68. The van der Waals surface area contributed by atoms with Gasteiger partial charge in [0, 0.05) is 0 Å². The van der Waals surface area contributed by atoms with Gasteiger partial charge in [-0.2, -0.15) is 0 Å². The molecule has 0 N–H and O–H groups in total. The Morgan fingerprint density at radius 1 is 0.957 bits per heavy atom. The Labute approximate surface area is 146 Å². The SMILES string of the molecule is CC1=C(C)C([SiH2]c2ccccc2)=[C]([Pt]([CH3])([CH3])([CH3])[CH]2CCCC2)C1. The van der Waals surface area contributed by atoms with Gasteiger partial charge in [-0.25, -0.2) is 0 Å². The van der Waals surface area contributed by atoms with Crippen LogP contribution in [0.4, 0.5) is 0 Å². The van der Waals surface area contributed by atoms with Crippen LogP contribution < -0.4 is 5.19 Å². The second-order valence-electron chi connectivity index (χ2n) is 7.98. The van der Waals surface area contributed by atoms with Gasteiger partial charge in [0.15, 0.2) is 0 Å². The Hall–Kier alpha value is -0.395. The molecular formula is C21H33PtSi. The maximum atomic E-state index is 2.74. The zero-order valence-corrected chi connectivity index (χ0v) is 19.2. The predicted octanol–water partition coefficient (Wildman–Crippen LogP) is 5.63. The summed E-state index contributed by atoms with van der Waals surface area (Å²) < 4.78 is 3.00. The molecule has 1 fully saturated rings. The van der Waals surface area contributed by atoms with Crippen molar-refractivity contribution in [2.75, 3.05) is 0 Å². The van der Waals surface area contributed by atoms with Gasteiger partial charge in [-0.15, -0.1) is 0 Å². The van der Waals surface area contributed by atoms with Gasteiger partial charge in [-0.1, -0.05) is 0 Å². The van der Waals surface area contributed by atoms with Crippen LogP contribution in [0, 0.1) is 0 Å². The van der Waals surface area contributed by atoms with Crippen LogP contribution in [0.5, 0.6) is 0 Å². The first-order chi connectivity index (χ1) is 10.8. The minimum atomic E-state index is -2.47. The Morgan fingerprint density at radius 3 is 2.17 bits per heavy atom. The summed E-state index contributed by atoms with van der Waals surface area (Å²) in [4.78, 5) is 0. The Kier molecular flexibility index (Phi) is 4.66. The van der Waals surface area contributed by atoms with Gasteiger partial charge in [0.05, 0.1) is 0 Å². The molecule has 1 aromatic carbocycles. The monoisotopic (exact) mass is 508 g/mol. The summed E-state index contributed by atoms with van der Waals surface area (Å²) in [6.07, 6.45) is 7.25. The molecule has 2 aliphatic carbocycles. The van der Waals surface area contributed by atoms with E-state index in [1.54, 1.807) is 16.3 Å². The molecule has 0 saturated heterocycles. The molecule has 1 saturated carbocycles. The topological polar surface area (TPSA) is 0 Å². The number of benzene rings is 1. The number of hydrogen-bond acceptors (Lipinski definition) is 0. The molecule has 23 heavy (non-hydrogen) atoms. The molecule has 0 nitrogen and oxygen atoms in total. The van der Waals surface area contributed by atoms with E-state index in [9.17, 15) is 0 Å². The standard InChI is InChI=1S/C13H15Si.C5H9.3CH3.Pt/c1-10-8-9-13(11(10)2)14-12-6-4-3-5-7-12;1-2-4-5-3-1;;;;/h3-7H,8,14H2,1-2H3;1H,2-5H2;3*1H3;. The van der Waals surface area contributed by atoms with Crippen molar-refractivity contribution >= 4 is 14.7 Å². The molecule has 2 heteroatoms. The molecule has 0 bridgehead atoms. The molecule has 2 aliphatic rings. The summed E-state index contributed by atoms with van der Waals surface area (Å²) in [7, 11) is -0.337. The Morgan fingerprint density at radius 2 is 1.57 bits per heavy atom. The van der Waals surface area contributed by atoms with E-state index in [4.69, 9.17) is 0 Å². The first kappa shape index (κ1) is 17.4. The number of hydrogen-bond donors (Lipinski definition) is 0. The predicted molar refractivity (Wildman–Crippen MR) is 104 cm³/mol. The number of allylic oxidation sites excluding steroid dienone is 4.